The number of carbonyl (C=O) groups excluding carboxylic acids is 2. The summed E-state index contributed by atoms with van der Waals surface area (Å²) in [6.07, 6.45) is -0.0715. The molecule has 0 N–H and O–H groups in total. The van der Waals surface area contributed by atoms with E-state index in [4.69, 9.17) is 4.74 Å². The van der Waals surface area contributed by atoms with Crippen LogP contribution in [0.3, 0.4) is 0 Å². The predicted octanol–water partition coefficient (Wildman–Crippen LogP) is 2.17. The molecule has 0 bridgehead atoms. The standard InChI is InChI=1S/C13H15FO3/c1-8(2)13(16)11(15)7-9-4-5-12(17-3)10(14)6-9/h4-6,8H,7H2,1-3H3. The van der Waals surface area contributed by atoms with Gasteiger partial charge in [-0.2, -0.15) is 0 Å². The van der Waals surface area contributed by atoms with Gasteiger partial charge in [0, 0.05) is 12.3 Å². The lowest BCUT2D eigenvalue weighted by Crippen LogP contribution is -2.21. The van der Waals surface area contributed by atoms with Gasteiger partial charge in [-0.1, -0.05) is 19.9 Å². The normalized spacial score (nSPS) is 10.4. The Labute approximate surface area is 99.6 Å². The Bertz CT molecular complexity index is 438. The first-order valence-electron chi connectivity index (χ1n) is 5.35. The minimum absolute atomic E-state index is 0.0715. The average Bonchev–Trinajstić information content (AvgIpc) is 2.28. The fourth-order valence-electron chi connectivity index (χ4n) is 1.41. The van der Waals surface area contributed by atoms with Crippen molar-refractivity contribution in [2.24, 2.45) is 5.92 Å². The second kappa shape index (κ2) is 5.57. The van der Waals surface area contributed by atoms with E-state index < -0.39 is 17.4 Å². The highest BCUT2D eigenvalue weighted by Crippen LogP contribution is 2.18. The zero-order valence-electron chi connectivity index (χ0n) is 10.1. The lowest BCUT2D eigenvalue weighted by atomic mass is 9.99. The molecule has 0 saturated heterocycles. The number of rotatable bonds is 5. The maximum Gasteiger partial charge on any atom is 0.203 e. The van der Waals surface area contributed by atoms with Crippen molar-refractivity contribution >= 4 is 11.6 Å². The van der Waals surface area contributed by atoms with Crippen LogP contribution in [0, 0.1) is 11.7 Å². The summed E-state index contributed by atoms with van der Waals surface area (Å²) in [5.41, 5.74) is 0.474. The zero-order valence-corrected chi connectivity index (χ0v) is 10.1. The van der Waals surface area contributed by atoms with Gasteiger partial charge in [0.15, 0.2) is 11.6 Å². The molecule has 0 aliphatic carbocycles. The quantitative estimate of drug-likeness (QED) is 0.738. The number of Topliss-reactive ketones (excluding diaryl/α,β-unsaturated/α-hetero) is 2. The summed E-state index contributed by atoms with van der Waals surface area (Å²) in [6.45, 7) is 3.32. The first-order valence-corrected chi connectivity index (χ1v) is 5.35. The molecule has 1 aromatic rings. The summed E-state index contributed by atoms with van der Waals surface area (Å²) in [7, 11) is 1.37. The van der Waals surface area contributed by atoms with Crippen molar-refractivity contribution in [1.29, 1.82) is 0 Å². The van der Waals surface area contributed by atoms with Crippen molar-refractivity contribution < 1.29 is 18.7 Å². The average molecular weight is 238 g/mol. The van der Waals surface area contributed by atoms with E-state index >= 15 is 0 Å². The lowest BCUT2D eigenvalue weighted by Gasteiger charge is -2.05. The highest BCUT2D eigenvalue weighted by atomic mass is 19.1. The highest BCUT2D eigenvalue weighted by molar-refractivity contribution is 6.38. The molecule has 0 aliphatic heterocycles. The maximum atomic E-state index is 13.3. The van der Waals surface area contributed by atoms with Crippen LogP contribution in [0.25, 0.3) is 0 Å². The number of carbonyl (C=O) groups is 2. The smallest absolute Gasteiger partial charge is 0.203 e. The summed E-state index contributed by atoms with van der Waals surface area (Å²) in [5, 5.41) is 0. The van der Waals surface area contributed by atoms with E-state index in [1.807, 2.05) is 0 Å². The van der Waals surface area contributed by atoms with Gasteiger partial charge in [-0.3, -0.25) is 9.59 Å². The summed E-state index contributed by atoms with van der Waals surface area (Å²) in [4.78, 5) is 22.9. The third-order valence-corrected chi connectivity index (χ3v) is 2.38. The largest absolute Gasteiger partial charge is 0.494 e. The van der Waals surface area contributed by atoms with E-state index in [-0.39, 0.29) is 18.1 Å². The molecule has 0 atom stereocenters. The third-order valence-electron chi connectivity index (χ3n) is 2.38. The van der Waals surface area contributed by atoms with Crippen LogP contribution in [0.4, 0.5) is 4.39 Å². The van der Waals surface area contributed by atoms with Gasteiger partial charge < -0.3 is 4.74 Å². The minimum atomic E-state index is -0.533. The highest BCUT2D eigenvalue weighted by Gasteiger charge is 2.18. The maximum absolute atomic E-state index is 13.3. The molecule has 4 heteroatoms. The Balaban J connectivity index is 2.79. The molecule has 1 aromatic carbocycles. The van der Waals surface area contributed by atoms with Crippen molar-refractivity contribution in [2.45, 2.75) is 20.3 Å². The summed E-state index contributed by atoms with van der Waals surface area (Å²) >= 11 is 0. The van der Waals surface area contributed by atoms with Crippen molar-refractivity contribution in [3.8, 4) is 5.75 Å². The third kappa shape index (κ3) is 3.37. The van der Waals surface area contributed by atoms with Crippen LogP contribution >= 0.6 is 0 Å². The lowest BCUT2D eigenvalue weighted by molar-refractivity contribution is -0.138. The van der Waals surface area contributed by atoms with E-state index in [9.17, 15) is 14.0 Å². The molecule has 0 aliphatic rings. The van der Waals surface area contributed by atoms with Crippen molar-refractivity contribution in [3.63, 3.8) is 0 Å². The Morgan fingerprint density at radius 2 is 2.00 bits per heavy atom. The molecule has 0 fully saturated rings. The van der Waals surface area contributed by atoms with Gasteiger partial charge in [-0.25, -0.2) is 4.39 Å². The molecule has 0 aromatic heterocycles. The van der Waals surface area contributed by atoms with Crippen LogP contribution < -0.4 is 4.74 Å². The first-order chi connectivity index (χ1) is 7.95. The SMILES string of the molecule is COc1ccc(CC(=O)C(=O)C(C)C)cc1F. The molecule has 0 radical (unpaired) electrons. The molecular weight excluding hydrogens is 223 g/mol. The van der Waals surface area contributed by atoms with Crippen LogP contribution in [0.2, 0.25) is 0 Å². The molecule has 3 nitrogen and oxygen atoms in total. The van der Waals surface area contributed by atoms with Crippen molar-refractivity contribution in [1.82, 2.24) is 0 Å². The van der Waals surface area contributed by atoms with Gasteiger partial charge in [-0.05, 0) is 17.7 Å². The fraction of sp³-hybridized carbons (Fsp3) is 0.385. The second-order valence-corrected chi connectivity index (χ2v) is 4.09. The van der Waals surface area contributed by atoms with E-state index in [1.165, 1.54) is 19.2 Å². The number of hydrogen-bond acceptors (Lipinski definition) is 3. The number of benzene rings is 1. The van der Waals surface area contributed by atoms with Gasteiger partial charge in [0.05, 0.1) is 7.11 Å². The van der Waals surface area contributed by atoms with Crippen LogP contribution in [-0.4, -0.2) is 18.7 Å². The molecule has 0 heterocycles. The van der Waals surface area contributed by atoms with Gasteiger partial charge >= 0.3 is 0 Å². The van der Waals surface area contributed by atoms with Gasteiger partial charge in [0.2, 0.25) is 11.6 Å². The monoisotopic (exact) mass is 238 g/mol. The predicted molar refractivity (Wildman–Crippen MR) is 61.5 cm³/mol. The zero-order chi connectivity index (χ0) is 13.0. The Kier molecular flexibility index (Phi) is 4.37. The molecule has 0 unspecified atom stereocenters. The van der Waals surface area contributed by atoms with Crippen LogP contribution in [0.1, 0.15) is 19.4 Å². The summed E-state index contributed by atoms with van der Waals surface area (Å²) in [5.74, 6) is -1.66. The number of methoxy groups -OCH3 is 1. The summed E-state index contributed by atoms with van der Waals surface area (Å²) < 4.78 is 18.1. The number of hydrogen-bond donors (Lipinski definition) is 0. The van der Waals surface area contributed by atoms with Gasteiger partial charge in [0.25, 0.3) is 0 Å². The van der Waals surface area contributed by atoms with E-state index in [1.54, 1.807) is 19.9 Å². The molecular formula is C13H15FO3. The number of halogens is 1. The van der Waals surface area contributed by atoms with E-state index in [0.29, 0.717) is 5.56 Å². The topological polar surface area (TPSA) is 43.4 Å². The van der Waals surface area contributed by atoms with Crippen LogP contribution in [-0.2, 0) is 16.0 Å². The van der Waals surface area contributed by atoms with Crippen LogP contribution in [0.15, 0.2) is 18.2 Å². The summed E-state index contributed by atoms with van der Waals surface area (Å²) in [6, 6.07) is 4.23. The van der Waals surface area contributed by atoms with Crippen molar-refractivity contribution in [2.75, 3.05) is 7.11 Å². The first kappa shape index (κ1) is 13.4. The Hall–Kier alpha value is -1.71. The van der Waals surface area contributed by atoms with E-state index in [2.05, 4.69) is 0 Å². The van der Waals surface area contributed by atoms with Crippen LogP contribution in [0.5, 0.6) is 5.75 Å². The number of ether oxygens (including phenoxy) is 1. The molecule has 0 spiro atoms. The Morgan fingerprint density at radius 3 is 2.47 bits per heavy atom. The van der Waals surface area contributed by atoms with E-state index in [0.717, 1.165) is 0 Å². The molecule has 92 valence electrons. The Morgan fingerprint density at radius 1 is 1.35 bits per heavy atom. The molecule has 1 rings (SSSR count). The molecule has 0 amide bonds. The van der Waals surface area contributed by atoms with Crippen molar-refractivity contribution in [3.05, 3.63) is 29.6 Å². The van der Waals surface area contributed by atoms with Gasteiger partial charge in [0.1, 0.15) is 0 Å². The second-order valence-electron chi connectivity index (χ2n) is 4.09. The molecule has 17 heavy (non-hydrogen) atoms. The number of ketones is 2. The minimum Gasteiger partial charge on any atom is -0.494 e. The molecule has 0 saturated carbocycles. The van der Waals surface area contributed by atoms with Gasteiger partial charge in [-0.15, -0.1) is 0 Å². The fourth-order valence-corrected chi connectivity index (χ4v) is 1.41.